The maximum atomic E-state index is 12.8. The van der Waals surface area contributed by atoms with Gasteiger partial charge >= 0.3 is 0 Å². The fourth-order valence-corrected chi connectivity index (χ4v) is 1.12. The van der Waals surface area contributed by atoms with Crippen molar-refractivity contribution in [2.75, 3.05) is 18.5 Å². The van der Waals surface area contributed by atoms with Gasteiger partial charge in [0.15, 0.2) is 0 Å². The molecule has 3 heteroatoms. The van der Waals surface area contributed by atoms with E-state index in [2.05, 4.69) is 11.7 Å². The van der Waals surface area contributed by atoms with Gasteiger partial charge in [0.1, 0.15) is 5.82 Å². The number of hydrogen-bond acceptors (Lipinski definition) is 2. The predicted molar refractivity (Wildman–Crippen MR) is 54.6 cm³/mol. The van der Waals surface area contributed by atoms with E-state index in [-0.39, 0.29) is 5.82 Å². The topological polar surface area (TPSA) is 15.6 Å². The number of rotatable bonds is 3. The third-order valence-electron chi connectivity index (χ3n) is 1.99. The molecule has 0 bridgehead atoms. The molecule has 0 aliphatic carbocycles. The lowest BCUT2D eigenvalue weighted by molar-refractivity contribution is 0.628. The minimum absolute atomic E-state index is 0.282. The summed E-state index contributed by atoms with van der Waals surface area (Å²) in [4.78, 5) is 5.76. The van der Waals surface area contributed by atoms with Gasteiger partial charge in [0.2, 0.25) is 0 Å². The van der Waals surface area contributed by atoms with Crippen molar-refractivity contribution in [1.29, 1.82) is 0 Å². The minimum Gasteiger partial charge on any atom is -0.373 e. The summed E-state index contributed by atoms with van der Waals surface area (Å²) in [5.74, 6) is -0.282. The highest BCUT2D eigenvalue weighted by atomic mass is 19.1. The Kier molecular flexibility index (Phi) is 3.01. The summed E-state index contributed by atoms with van der Waals surface area (Å²) in [5, 5.41) is 0. The predicted octanol–water partition coefficient (Wildman–Crippen LogP) is 2.61. The SMILES string of the molecule is C=Nc1cc(F)ccc1N(C)CC. The van der Waals surface area contributed by atoms with E-state index >= 15 is 0 Å². The summed E-state index contributed by atoms with van der Waals surface area (Å²) in [7, 11) is 1.93. The van der Waals surface area contributed by atoms with Crippen molar-refractivity contribution < 1.29 is 4.39 Å². The normalized spacial score (nSPS) is 9.77. The lowest BCUT2D eigenvalue weighted by Crippen LogP contribution is -2.15. The molecule has 0 unspecified atom stereocenters. The quantitative estimate of drug-likeness (QED) is 0.653. The van der Waals surface area contributed by atoms with Crippen LogP contribution in [0.2, 0.25) is 0 Å². The van der Waals surface area contributed by atoms with Gasteiger partial charge in [-0.2, -0.15) is 0 Å². The summed E-state index contributed by atoms with van der Waals surface area (Å²) >= 11 is 0. The zero-order valence-electron chi connectivity index (χ0n) is 7.92. The molecule has 0 saturated heterocycles. The van der Waals surface area contributed by atoms with E-state index in [0.717, 1.165) is 12.2 Å². The minimum atomic E-state index is -0.282. The Morgan fingerprint density at radius 1 is 1.54 bits per heavy atom. The molecule has 70 valence electrons. The molecule has 0 atom stereocenters. The van der Waals surface area contributed by atoms with E-state index in [1.165, 1.54) is 12.1 Å². The van der Waals surface area contributed by atoms with E-state index in [9.17, 15) is 4.39 Å². The highest BCUT2D eigenvalue weighted by Crippen LogP contribution is 2.27. The van der Waals surface area contributed by atoms with Crippen molar-refractivity contribution in [3.05, 3.63) is 24.0 Å². The van der Waals surface area contributed by atoms with Crippen molar-refractivity contribution >= 4 is 18.1 Å². The fraction of sp³-hybridized carbons (Fsp3) is 0.300. The molecule has 0 spiro atoms. The van der Waals surface area contributed by atoms with Gasteiger partial charge in [0.25, 0.3) is 0 Å². The monoisotopic (exact) mass is 180 g/mol. The molecule has 0 saturated carbocycles. The summed E-state index contributed by atoms with van der Waals surface area (Å²) in [6.45, 7) is 6.29. The molecule has 0 fully saturated rings. The molecule has 1 rings (SSSR count). The maximum Gasteiger partial charge on any atom is 0.125 e. The third kappa shape index (κ3) is 2.05. The van der Waals surface area contributed by atoms with Crippen LogP contribution in [0.1, 0.15) is 6.92 Å². The molecule has 0 aliphatic rings. The maximum absolute atomic E-state index is 12.8. The van der Waals surface area contributed by atoms with Crippen molar-refractivity contribution in [2.24, 2.45) is 4.99 Å². The highest BCUT2D eigenvalue weighted by molar-refractivity contribution is 5.68. The lowest BCUT2D eigenvalue weighted by atomic mass is 10.2. The molecule has 0 amide bonds. The van der Waals surface area contributed by atoms with Crippen molar-refractivity contribution in [3.63, 3.8) is 0 Å². The molecule has 0 radical (unpaired) electrons. The largest absolute Gasteiger partial charge is 0.373 e. The molecular weight excluding hydrogens is 167 g/mol. The van der Waals surface area contributed by atoms with Crippen molar-refractivity contribution in [2.45, 2.75) is 6.92 Å². The first-order chi connectivity index (χ1) is 6.19. The van der Waals surface area contributed by atoms with Crippen LogP contribution in [0.25, 0.3) is 0 Å². The van der Waals surface area contributed by atoms with E-state index in [1.807, 2.05) is 18.9 Å². The second-order valence-corrected chi connectivity index (χ2v) is 2.81. The second kappa shape index (κ2) is 4.03. The number of benzene rings is 1. The molecule has 0 heterocycles. The first-order valence-electron chi connectivity index (χ1n) is 4.16. The Morgan fingerprint density at radius 3 is 2.77 bits per heavy atom. The number of halogens is 1. The van der Waals surface area contributed by atoms with Gasteiger partial charge in [-0.05, 0) is 25.8 Å². The van der Waals surface area contributed by atoms with Crippen LogP contribution in [0.4, 0.5) is 15.8 Å². The van der Waals surface area contributed by atoms with Crippen LogP contribution in [0.3, 0.4) is 0 Å². The van der Waals surface area contributed by atoms with Gasteiger partial charge in [0.05, 0.1) is 11.4 Å². The molecule has 0 N–H and O–H groups in total. The average molecular weight is 180 g/mol. The summed E-state index contributed by atoms with van der Waals surface area (Å²) in [5.41, 5.74) is 1.49. The molecule has 1 aromatic rings. The molecular formula is C10H13FN2. The second-order valence-electron chi connectivity index (χ2n) is 2.81. The van der Waals surface area contributed by atoms with Crippen LogP contribution in [0.5, 0.6) is 0 Å². The number of anilines is 1. The van der Waals surface area contributed by atoms with Crippen LogP contribution in [-0.2, 0) is 0 Å². The van der Waals surface area contributed by atoms with Gasteiger partial charge in [-0.1, -0.05) is 0 Å². The molecule has 2 nitrogen and oxygen atoms in total. The Balaban J connectivity index is 3.13. The molecule has 13 heavy (non-hydrogen) atoms. The Morgan fingerprint density at radius 2 is 2.23 bits per heavy atom. The van der Waals surface area contributed by atoms with Gasteiger partial charge in [-0.3, -0.25) is 4.99 Å². The Hall–Kier alpha value is -1.38. The van der Waals surface area contributed by atoms with Crippen LogP contribution < -0.4 is 4.90 Å². The van der Waals surface area contributed by atoms with Gasteiger partial charge in [-0.25, -0.2) is 4.39 Å². The number of nitrogens with zero attached hydrogens (tertiary/aromatic N) is 2. The van der Waals surface area contributed by atoms with Crippen LogP contribution in [0, 0.1) is 5.82 Å². The van der Waals surface area contributed by atoms with E-state index < -0.39 is 0 Å². The number of hydrogen-bond donors (Lipinski definition) is 0. The van der Waals surface area contributed by atoms with E-state index in [0.29, 0.717) is 5.69 Å². The van der Waals surface area contributed by atoms with Gasteiger partial charge in [-0.15, -0.1) is 0 Å². The zero-order valence-corrected chi connectivity index (χ0v) is 7.92. The zero-order chi connectivity index (χ0) is 9.84. The molecule has 1 aromatic carbocycles. The first kappa shape index (κ1) is 9.71. The van der Waals surface area contributed by atoms with Gasteiger partial charge in [0, 0.05) is 19.7 Å². The fourth-order valence-electron chi connectivity index (χ4n) is 1.12. The van der Waals surface area contributed by atoms with Crippen LogP contribution >= 0.6 is 0 Å². The lowest BCUT2D eigenvalue weighted by Gasteiger charge is -2.18. The molecule has 0 aliphatic heterocycles. The van der Waals surface area contributed by atoms with E-state index in [4.69, 9.17) is 0 Å². The summed E-state index contributed by atoms with van der Waals surface area (Å²) in [6.07, 6.45) is 0. The Bertz CT molecular complexity index is 310. The average Bonchev–Trinajstić information content (AvgIpc) is 2.16. The molecule has 0 aromatic heterocycles. The van der Waals surface area contributed by atoms with Crippen molar-refractivity contribution in [1.82, 2.24) is 0 Å². The van der Waals surface area contributed by atoms with Crippen LogP contribution in [0.15, 0.2) is 23.2 Å². The summed E-state index contributed by atoms with van der Waals surface area (Å²) < 4.78 is 12.8. The Labute approximate surface area is 77.7 Å². The highest BCUT2D eigenvalue weighted by Gasteiger charge is 2.05. The van der Waals surface area contributed by atoms with Crippen LogP contribution in [-0.4, -0.2) is 20.3 Å². The third-order valence-corrected chi connectivity index (χ3v) is 1.99. The first-order valence-corrected chi connectivity index (χ1v) is 4.16. The van der Waals surface area contributed by atoms with E-state index in [1.54, 1.807) is 6.07 Å². The standard InChI is InChI=1S/C10H13FN2/c1-4-13(3)10-6-5-8(11)7-9(10)12-2/h5-7H,2,4H2,1,3H3. The smallest absolute Gasteiger partial charge is 0.125 e. The number of aliphatic imine (C=N–C) groups is 1. The van der Waals surface area contributed by atoms with Crippen molar-refractivity contribution in [3.8, 4) is 0 Å². The summed E-state index contributed by atoms with van der Waals surface area (Å²) in [6, 6.07) is 4.52. The van der Waals surface area contributed by atoms with Gasteiger partial charge < -0.3 is 4.90 Å².